The highest BCUT2D eigenvalue weighted by Crippen LogP contribution is 2.45. The number of aromatic nitrogens is 2. The van der Waals surface area contributed by atoms with Gasteiger partial charge in [0.1, 0.15) is 5.82 Å². The number of nitrogens with one attached hydrogen (secondary N) is 1. The van der Waals surface area contributed by atoms with Crippen molar-refractivity contribution in [3.05, 3.63) is 63.3 Å². The number of amides is 1. The van der Waals surface area contributed by atoms with Crippen LogP contribution in [0.25, 0.3) is 0 Å². The van der Waals surface area contributed by atoms with Gasteiger partial charge in [0, 0.05) is 29.5 Å². The number of carbonyl (C=O) groups is 1. The molecule has 1 aliphatic heterocycles. The van der Waals surface area contributed by atoms with Gasteiger partial charge in [0.25, 0.3) is 5.56 Å². The topological polar surface area (TPSA) is 66.1 Å². The molecular weight excluding hydrogens is 374 g/mol. The van der Waals surface area contributed by atoms with E-state index in [1.807, 2.05) is 23.1 Å². The van der Waals surface area contributed by atoms with Crippen LogP contribution in [-0.4, -0.2) is 33.9 Å². The standard InChI is InChI=1S/C25H33N3O2/c1-5-18(17-9-7-6-8-10-17)22(30)28-15-13-25(14-16-28)12-11-19-20(25)26-23(24(2,3)4)27-21(19)29/h6-10,18H,5,11-16H2,1-4H3,(H,26,27,29). The third-order valence-corrected chi connectivity index (χ3v) is 7.02. The molecule has 1 aromatic heterocycles. The molecular formula is C25H33N3O2. The molecule has 2 heterocycles. The van der Waals surface area contributed by atoms with Crippen LogP contribution in [0.3, 0.4) is 0 Å². The number of hydrogen-bond acceptors (Lipinski definition) is 3. The van der Waals surface area contributed by atoms with E-state index >= 15 is 0 Å². The lowest BCUT2D eigenvalue weighted by Gasteiger charge is -2.40. The Bertz CT molecular complexity index is 980. The van der Waals surface area contributed by atoms with Gasteiger partial charge in [0.15, 0.2) is 0 Å². The van der Waals surface area contributed by atoms with E-state index in [9.17, 15) is 9.59 Å². The minimum absolute atomic E-state index is 0.0235. The SMILES string of the molecule is CCC(C(=O)N1CCC2(CCc3c2nc(C(C)(C)C)[nH]c3=O)CC1)c1ccccc1. The fourth-order valence-electron chi connectivity index (χ4n) is 5.11. The average Bonchev–Trinajstić information content (AvgIpc) is 3.08. The molecule has 1 N–H and O–H groups in total. The molecule has 30 heavy (non-hydrogen) atoms. The Kier molecular flexibility index (Phi) is 5.33. The van der Waals surface area contributed by atoms with Crippen LogP contribution in [0.4, 0.5) is 0 Å². The van der Waals surface area contributed by atoms with E-state index in [2.05, 4.69) is 44.8 Å². The van der Waals surface area contributed by atoms with E-state index < -0.39 is 0 Å². The number of aromatic amines is 1. The van der Waals surface area contributed by atoms with Crippen LogP contribution in [0.1, 0.15) is 81.9 Å². The smallest absolute Gasteiger partial charge is 0.254 e. The first-order chi connectivity index (χ1) is 14.2. The summed E-state index contributed by atoms with van der Waals surface area (Å²) >= 11 is 0. The number of piperidine rings is 1. The van der Waals surface area contributed by atoms with Crippen molar-refractivity contribution in [1.29, 1.82) is 0 Å². The highest BCUT2D eigenvalue weighted by Gasteiger charge is 2.45. The summed E-state index contributed by atoms with van der Waals surface area (Å²) in [6.07, 6.45) is 4.33. The maximum Gasteiger partial charge on any atom is 0.254 e. The van der Waals surface area contributed by atoms with Gasteiger partial charge in [-0.25, -0.2) is 4.98 Å². The highest BCUT2D eigenvalue weighted by atomic mass is 16.2. The molecule has 1 aliphatic carbocycles. The molecule has 1 unspecified atom stereocenters. The lowest BCUT2D eigenvalue weighted by Crippen LogP contribution is -2.46. The summed E-state index contributed by atoms with van der Waals surface area (Å²) in [5.41, 5.74) is 2.72. The number of fused-ring (bicyclic) bond motifs is 2. The molecule has 1 amide bonds. The molecule has 160 valence electrons. The largest absolute Gasteiger partial charge is 0.342 e. The summed E-state index contributed by atoms with van der Waals surface area (Å²) in [5.74, 6) is 0.914. The maximum atomic E-state index is 13.3. The van der Waals surface area contributed by atoms with Crippen LogP contribution in [0.15, 0.2) is 35.1 Å². The van der Waals surface area contributed by atoms with Gasteiger partial charge in [0.2, 0.25) is 5.91 Å². The van der Waals surface area contributed by atoms with Crippen LogP contribution in [-0.2, 0) is 22.0 Å². The summed E-state index contributed by atoms with van der Waals surface area (Å²) in [6, 6.07) is 10.1. The van der Waals surface area contributed by atoms with Crippen LogP contribution in [0, 0.1) is 0 Å². The second-order valence-corrected chi connectivity index (χ2v) is 9.97. The van der Waals surface area contributed by atoms with Crippen LogP contribution in [0.5, 0.6) is 0 Å². The van der Waals surface area contributed by atoms with E-state index in [1.165, 1.54) is 0 Å². The lowest BCUT2D eigenvalue weighted by molar-refractivity contribution is -0.134. The number of H-pyrrole nitrogens is 1. The van der Waals surface area contributed by atoms with Crippen molar-refractivity contribution in [2.75, 3.05) is 13.1 Å². The molecule has 1 aromatic carbocycles. The van der Waals surface area contributed by atoms with Crippen LogP contribution >= 0.6 is 0 Å². The normalized spacial score (nSPS) is 19.0. The van der Waals surface area contributed by atoms with Gasteiger partial charge < -0.3 is 9.88 Å². The van der Waals surface area contributed by atoms with Crippen molar-refractivity contribution in [3.63, 3.8) is 0 Å². The van der Waals surface area contributed by atoms with E-state index in [4.69, 9.17) is 4.98 Å². The summed E-state index contributed by atoms with van der Waals surface area (Å²) < 4.78 is 0. The minimum atomic E-state index is -0.196. The maximum absolute atomic E-state index is 13.3. The van der Waals surface area contributed by atoms with Gasteiger partial charge in [-0.1, -0.05) is 58.0 Å². The van der Waals surface area contributed by atoms with E-state index in [0.29, 0.717) is 0 Å². The Labute approximate surface area is 178 Å². The van der Waals surface area contributed by atoms with Gasteiger partial charge in [-0.15, -0.1) is 0 Å². The fraction of sp³-hybridized carbons (Fsp3) is 0.560. The molecule has 0 bridgehead atoms. The Morgan fingerprint density at radius 1 is 1.17 bits per heavy atom. The van der Waals surface area contributed by atoms with Crippen molar-refractivity contribution < 1.29 is 4.79 Å². The monoisotopic (exact) mass is 407 g/mol. The first-order valence-electron chi connectivity index (χ1n) is 11.2. The number of rotatable bonds is 3. The average molecular weight is 408 g/mol. The predicted molar refractivity (Wildman–Crippen MR) is 119 cm³/mol. The zero-order chi connectivity index (χ0) is 21.5. The lowest BCUT2D eigenvalue weighted by atomic mass is 9.75. The molecule has 1 atom stereocenters. The first kappa shape index (κ1) is 20.8. The van der Waals surface area contributed by atoms with Crippen molar-refractivity contribution in [2.45, 2.75) is 76.5 Å². The Morgan fingerprint density at radius 3 is 2.43 bits per heavy atom. The van der Waals surface area contributed by atoms with Gasteiger partial charge in [0.05, 0.1) is 11.6 Å². The quantitative estimate of drug-likeness (QED) is 0.834. The molecule has 1 saturated heterocycles. The zero-order valence-electron chi connectivity index (χ0n) is 18.6. The molecule has 1 fully saturated rings. The molecule has 2 aliphatic rings. The summed E-state index contributed by atoms with van der Waals surface area (Å²) in [7, 11) is 0. The number of hydrogen-bond donors (Lipinski definition) is 1. The molecule has 1 spiro atoms. The minimum Gasteiger partial charge on any atom is -0.342 e. The third kappa shape index (κ3) is 3.59. The van der Waals surface area contributed by atoms with Crippen LogP contribution < -0.4 is 5.56 Å². The third-order valence-electron chi connectivity index (χ3n) is 7.02. The molecule has 0 saturated carbocycles. The predicted octanol–water partition coefficient (Wildman–Crippen LogP) is 4.07. The molecule has 0 radical (unpaired) electrons. The second kappa shape index (κ2) is 7.68. The van der Waals surface area contributed by atoms with E-state index in [0.717, 1.165) is 67.8 Å². The Morgan fingerprint density at radius 2 is 1.83 bits per heavy atom. The van der Waals surface area contributed by atoms with Crippen LogP contribution in [0.2, 0.25) is 0 Å². The second-order valence-electron chi connectivity index (χ2n) is 9.97. The van der Waals surface area contributed by atoms with Gasteiger partial charge in [-0.3, -0.25) is 9.59 Å². The molecule has 2 aromatic rings. The zero-order valence-corrected chi connectivity index (χ0v) is 18.6. The Hall–Kier alpha value is -2.43. The van der Waals surface area contributed by atoms with Crippen molar-refractivity contribution in [1.82, 2.24) is 14.9 Å². The van der Waals surface area contributed by atoms with Crippen molar-refractivity contribution in [3.8, 4) is 0 Å². The number of benzene rings is 1. The molecule has 5 nitrogen and oxygen atoms in total. The summed E-state index contributed by atoms with van der Waals surface area (Å²) in [6.45, 7) is 9.79. The van der Waals surface area contributed by atoms with Crippen molar-refractivity contribution >= 4 is 5.91 Å². The number of nitrogens with zero attached hydrogens (tertiary/aromatic N) is 2. The van der Waals surface area contributed by atoms with Crippen molar-refractivity contribution in [2.24, 2.45) is 0 Å². The van der Waals surface area contributed by atoms with Gasteiger partial charge >= 0.3 is 0 Å². The van der Waals surface area contributed by atoms with Gasteiger partial charge in [-0.2, -0.15) is 0 Å². The molecule has 5 heteroatoms. The number of likely N-dealkylation sites (tertiary alicyclic amines) is 1. The Balaban J connectivity index is 1.55. The van der Waals surface area contributed by atoms with E-state index in [1.54, 1.807) is 0 Å². The summed E-state index contributed by atoms with van der Waals surface area (Å²) in [4.78, 5) is 36.0. The summed E-state index contributed by atoms with van der Waals surface area (Å²) in [5, 5.41) is 0. The molecule has 4 rings (SSSR count). The van der Waals surface area contributed by atoms with E-state index in [-0.39, 0.29) is 28.2 Å². The fourth-order valence-corrected chi connectivity index (χ4v) is 5.11. The number of carbonyl (C=O) groups excluding carboxylic acids is 1. The van der Waals surface area contributed by atoms with Gasteiger partial charge in [-0.05, 0) is 37.7 Å². The first-order valence-corrected chi connectivity index (χ1v) is 11.2. The highest BCUT2D eigenvalue weighted by molar-refractivity contribution is 5.83.